The summed E-state index contributed by atoms with van der Waals surface area (Å²) in [6.07, 6.45) is -0.821. The van der Waals surface area contributed by atoms with Gasteiger partial charge in [-0.3, -0.25) is 0 Å². The lowest BCUT2D eigenvalue weighted by Crippen LogP contribution is -2.29. The summed E-state index contributed by atoms with van der Waals surface area (Å²) in [4.78, 5) is 0. The zero-order chi connectivity index (χ0) is 15.1. The molecule has 0 aromatic heterocycles. The van der Waals surface area contributed by atoms with Gasteiger partial charge in [-0.05, 0) is 36.2 Å². The molecule has 0 saturated heterocycles. The van der Waals surface area contributed by atoms with Gasteiger partial charge in [0.15, 0.2) is 0 Å². The molecule has 2 aromatic carbocycles. The minimum atomic E-state index is -2.39. The molecule has 2 aromatic rings. The summed E-state index contributed by atoms with van der Waals surface area (Å²) in [6, 6.07) is 14.8. The molecule has 0 aliphatic heterocycles. The first-order valence-electron chi connectivity index (χ1n) is 7.20. The van der Waals surface area contributed by atoms with E-state index in [1.165, 1.54) is 16.3 Å². The number of alkyl halides is 2. The molecule has 0 aliphatic carbocycles. The fraction of sp³-hybridized carbons (Fsp3) is 0.412. The van der Waals surface area contributed by atoms with Gasteiger partial charge in [0.2, 0.25) is 0 Å². The van der Waals surface area contributed by atoms with E-state index in [2.05, 4.69) is 35.6 Å². The molecule has 2 nitrogen and oxygen atoms in total. The topological polar surface area (TPSA) is 21.3 Å². The largest absolute Gasteiger partial charge is 0.375 e. The minimum absolute atomic E-state index is 0.216. The molecule has 21 heavy (non-hydrogen) atoms. The van der Waals surface area contributed by atoms with Gasteiger partial charge >= 0.3 is 0 Å². The second-order valence-corrected chi connectivity index (χ2v) is 5.08. The molecule has 0 aliphatic rings. The van der Waals surface area contributed by atoms with Crippen LogP contribution in [0, 0.1) is 0 Å². The summed E-state index contributed by atoms with van der Waals surface area (Å²) in [5, 5.41) is 5.70. The van der Waals surface area contributed by atoms with Crippen molar-refractivity contribution in [3.8, 4) is 0 Å². The van der Waals surface area contributed by atoms with E-state index < -0.39 is 13.0 Å². The van der Waals surface area contributed by atoms with E-state index in [9.17, 15) is 8.78 Å². The van der Waals surface area contributed by atoms with Crippen molar-refractivity contribution in [2.45, 2.75) is 25.3 Å². The second kappa shape index (κ2) is 8.05. The number of halogens is 2. The van der Waals surface area contributed by atoms with Crippen molar-refractivity contribution in [2.75, 3.05) is 20.3 Å². The Morgan fingerprint density at radius 3 is 2.62 bits per heavy atom. The Bertz CT molecular complexity index is 554. The van der Waals surface area contributed by atoms with Crippen molar-refractivity contribution in [1.29, 1.82) is 0 Å². The van der Waals surface area contributed by atoms with Crippen molar-refractivity contribution in [1.82, 2.24) is 5.32 Å². The molecule has 114 valence electrons. The maximum atomic E-state index is 12.0. The van der Waals surface area contributed by atoms with Gasteiger partial charge in [0.25, 0.3) is 6.43 Å². The summed E-state index contributed by atoms with van der Waals surface area (Å²) in [5.41, 5.74) is 1.27. The Kier molecular flexibility index (Phi) is 6.08. The number of benzene rings is 2. The lowest BCUT2D eigenvalue weighted by atomic mass is 9.97. The van der Waals surface area contributed by atoms with Crippen LogP contribution in [-0.4, -0.2) is 32.7 Å². The quantitative estimate of drug-likeness (QED) is 0.750. The molecule has 1 unspecified atom stereocenters. The first-order valence-corrected chi connectivity index (χ1v) is 7.20. The summed E-state index contributed by atoms with van der Waals surface area (Å²) in [6.45, 7) is -0.134. The highest BCUT2D eigenvalue weighted by Crippen LogP contribution is 2.20. The van der Waals surface area contributed by atoms with Gasteiger partial charge in [0.1, 0.15) is 6.61 Å². The van der Waals surface area contributed by atoms with Crippen LogP contribution >= 0.6 is 0 Å². The van der Waals surface area contributed by atoms with E-state index in [4.69, 9.17) is 4.74 Å². The molecule has 0 heterocycles. The van der Waals surface area contributed by atoms with Gasteiger partial charge in [-0.15, -0.1) is 0 Å². The van der Waals surface area contributed by atoms with Crippen molar-refractivity contribution in [3.05, 3.63) is 48.0 Å². The molecule has 0 fully saturated rings. The maximum Gasteiger partial charge on any atom is 0.261 e. The lowest BCUT2D eigenvalue weighted by molar-refractivity contribution is 0.0146. The molecule has 0 bridgehead atoms. The number of rotatable bonds is 8. The molecular formula is C17H21F2NO. The zero-order valence-electron chi connectivity index (χ0n) is 12.2. The predicted molar refractivity (Wildman–Crippen MR) is 81.9 cm³/mol. The van der Waals surface area contributed by atoms with E-state index in [1.807, 2.05) is 19.2 Å². The van der Waals surface area contributed by atoms with Crippen LogP contribution in [0.1, 0.15) is 12.0 Å². The van der Waals surface area contributed by atoms with Crippen LogP contribution in [0.15, 0.2) is 42.5 Å². The third-order valence-corrected chi connectivity index (χ3v) is 3.61. The van der Waals surface area contributed by atoms with Gasteiger partial charge in [-0.2, -0.15) is 0 Å². The zero-order valence-corrected chi connectivity index (χ0v) is 12.2. The van der Waals surface area contributed by atoms with Crippen LogP contribution in [-0.2, 0) is 11.2 Å². The number of fused-ring (bicyclic) bond motifs is 1. The lowest BCUT2D eigenvalue weighted by Gasteiger charge is -2.17. The highest BCUT2D eigenvalue weighted by Gasteiger charge is 2.10. The molecule has 2 rings (SSSR count). The number of ether oxygens (including phenoxy) is 1. The third-order valence-electron chi connectivity index (χ3n) is 3.61. The van der Waals surface area contributed by atoms with Crippen molar-refractivity contribution in [3.63, 3.8) is 0 Å². The Hall–Kier alpha value is -1.52. The normalized spacial score (nSPS) is 13.0. The monoisotopic (exact) mass is 293 g/mol. The Labute approximate surface area is 124 Å². The van der Waals surface area contributed by atoms with Gasteiger partial charge < -0.3 is 10.1 Å². The van der Waals surface area contributed by atoms with Gasteiger partial charge in [-0.1, -0.05) is 42.5 Å². The predicted octanol–water partition coefficient (Wildman–Crippen LogP) is 3.64. The van der Waals surface area contributed by atoms with E-state index in [0.717, 1.165) is 6.42 Å². The average molecular weight is 293 g/mol. The van der Waals surface area contributed by atoms with Crippen LogP contribution in [0.25, 0.3) is 10.8 Å². The number of nitrogens with one attached hydrogen (secondary N) is 1. The first kappa shape index (κ1) is 15.9. The van der Waals surface area contributed by atoms with Crippen LogP contribution in [0.4, 0.5) is 8.78 Å². The molecule has 4 heteroatoms. The molecule has 0 radical (unpaired) electrons. The fourth-order valence-corrected chi connectivity index (χ4v) is 2.48. The van der Waals surface area contributed by atoms with Crippen LogP contribution in [0.2, 0.25) is 0 Å². The van der Waals surface area contributed by atoms with E-state index in [0.29, 0.717) is 13.0 Å². The summed E-state index contributed by atoms with van der Waals surface area (Å²) < 4.78 is 29.0. The summed E-state index contributed by atoms with van der Waals surface area (Å²) >= 11 is 0. The van der Waals surface area contributed by atoms with E-state index in [-0.39, 0.29) is 6.04 Å². The van der Waals surface area contributed by atoms with Crippen molar-refractivity contribution < 1.29 is 13.5 Å². The first-order chi connectivity index (χ1) is 10.2. The van der Waals surface area contributed by atoms with Crippen molar-refractivity contribution >= 4 is 10.8 Å². The molecule has 0 saturated carbocycles. The standard InChI is InChI=1S/C17H21F2NO/c1-20-15(9-10-21-12-17(18)19)11-14-7-4-6-13-5-2-3-8-16(13)14/h2-8,15,17,20H,9-12H2,1H3. The second-order valence-electron chi connectivity index (χ2n) is 5.08. The van der Waals surface area contributed by atoms with Gasteiger partial charge in [0, 0.05) is 12.6 Å². The highest BCUT2D eigenvalue weighted by molar-refractivity contribution is 5.85. The van der Waals surface area contributed by atoms with Crippen LogP contribution in [0.3, 0.4) is 0 Å². The number of hydrogen-bond donors (Lipinski definition) is 1. The van der Waals surface area contributed by atoms with Gasteiger partial charge in [0.05, 0.1) is 0 Å². The van der Waals surface area contributed by atoms with Gasteiger partial charge in [-0.25, -0.2) is 8.78 Å². The van der Waals surface area contributed by atoms with Crippen LogP contribution in [0.5, 0.6) is 0 Å². The molecule has 0 spiro atoms. The number of likely N-dealkylation sites (N-methyl/N-ethyl adjacent to an activating group) is 1. The molecule has 1 atom stereocenters. The SMILES string of the molecule is CNC(CCOCC(F)F)Cc1cccc2ccccc12. The molecular weight excluding hydrogens is 272 g/mol. The average Bonchev–Trinajstić information content (AvgIpc) is 2.50. The highest BCUT2D eigenvalue weighted by atomic mass is 19.3. The Balaban J connectivity index is 1.97. The smallest absolute Gasteiger partial charge is 0.261 e. The molecule has 0 amide bonds. The maximum absolute atomic E-state index is 12.0. The van der Waals surface area contributed by atoms with Crippen molar-refractivity contribution in [2.24, 2.45) is 0 Å². The summed E-state index contributed by atoms with van der Waals surface area (Å²) in [5.74, 6) is 0. The van der Waals surface area contributed by atoms with E-state index >= 15 is 0 Å². The minimum Gasteiger partial charge on any atom is -0.375 e. The number of hydrogen-bond acceptors (Lipinski definition) is 2. The van der Waals surface area contributed by atoms with E-state index in [1.54, 1.807) is 0 Å². The Morgan fingerprint density at radius 1 is 1.10 bits per heavy atom. The fourth-order valence-electron chi connectivity index (χ4n) is 2.48. The summed E-state index contributed by atoms with van der Waals surface area (Å²) in [7, 11) is 1.89. The molecule has 1 N–H and O–H groups in total. The van der Waals surface area contributed by atoms with Crippen LogP contribution < -0.4 is 5.32 Å². The third kappa shape index (κ3) is 4.76. The Morgan fingerprint density at radius 2 is 1.86 bits per heavy atom.